The molecule has 2 aliphatic rings. The minimum atomic E-state index is -0.303. The van der Waals surface area contributed by atoms with Gasteiger partial charge in [0.25, 0.3) is 5.91 Å². The summed E-state index contributed by atoms with van der Waals surface area (Å²) < 4.78 is 13.4. The van der Waals surface area contributed by atoms with Gasteiger partial charge in [0, 0.05) is 11.9 Å². The monoisotopic (exact) mass is 330 g/mol. The van der Waals surface area contributed by atoms with Gasteiger partial charge in [-0.25, -0.2) is 19.4 Å². The Morgan fingerprint density at radius 3 is 2.96 bits per heavy atom. The second-order valence-corrected chi connectivity index (χ2v) is 6.25. The topological polar surface area (TPSA) is 58.6 Å². The number of anilines is 1. The summed E-state index contributed by atoms with van der Waals surface area (Å²) in [6.45, 7) is 3.80. The van der Waals surface area contributed by atoms with E-state index in [-0.39, 0.29) is 17.8 Å². The number of aromatic nitrogens is 2. The van der Waals surface area contributed by atoms with Crippen LogP contribution in [0.4, 0.5) is 10.3 Å². The third kappa shape index (κ3) is 2.58. The van der Waals surface area contributed by atoms with E-state index in [9.17, 15) is 9.18 Å². The molecule has 2 aromatic rings. The fourth-order valence-corrected chi connectivity index (χ4v) is 3.42. The number of rotatable bonds is 2. The Labute approximate surface area is 139 Å². The maximum atomic E-state index is 13.4. The van der Waals surface area contributed by atoms with E-state index >= 15 is 0 Å². The lowest BCUT2D eigenvalue weighted by atomic mass is 10.2. The van der Waals surface area contributed by atoms with Gasteiger partial charge in [-0.3, -0.25) is 9.63 Å². The molecule has 1 aromatic heterocycles. The van der Waals surface area contributed by atoms with Gasteiger partial charge in [0.05, 0.1) is 24.4 Å². The van der Waals surface area contributed by atoms with Gasteiger partial charge in [-0.05, 0) is 44.4 Å². The van der Waals surface area contributed by atoms with Gasteiger partial charge in [-0.1, -0.05) is 0 Å². The lowest BCUT2D eigenvalue weighted by Gasteiger charge is -2.27. The number of benzene rings is 1. The summed E-state index contributed by atoms with van der Waals surface area (Å²) in [5.74, 6) is 0.203. The summed E-state index contributed by atoms with van der Waals surface area (Å²) in [4.78, 5) is 29.1. The van der Waals surface area contributed by atoms with Crippen LogP contribution in [0.3, 0.4) is 0 Å². The van der Waals surface area contributed by atoms with Crippen LogP contribution in [-0.4, -0.2) is 46.7 Å². The molecule has 2 aliphatic heterocycles. The highest BCUT2D eigenvalue weighted by Crippen LogP contribution is 2.27. The number of hydrogen-bond donors (Lipinski definition) is 0. The van der Waals surface area contributed by atoms with Gasteiger partial charge < -0.3 is 4.90 Å². The number of nitrogens with zero attached hydrogens (tertiary/aromatic N) is 4. The molecule has 2 saturated heterocycles. The molecule has 1 unspecified atom stereocenters. The fourth-order valence-electron chi connectivity index (χ4n) is 3.42. The maximum Gasteiger partial charge on any atom is 0.268 e. The van der Waals surface area contributed by atoms with Gasteiger partial charge in [-0.2, -0.15) is 0 Å². The van der Waals surface area contributed by atoms with Crippen molar-refractivity contribution < 1.29 is 14.0 Å². The molecule has 0 saturated carbocycles. The molecule has 0 bridgehead atoms. The van der Waals surface area contributed by atoms with Crippen LogP contribution in [0.5, 0.6) is 0 Å². The van der Waals surface area contributed by atoms with E-state index in [1.807, 2.05) is 11.8 Å². The molecule has 4 rings (SSSR count). The molecule has 6 nitrogen and oxygen atoms in total. The predicted molar refractivity (Wildman–Crippen MR) is 86.9 cm³/mol. The van der Waals surface area contributed by atoms with Gasteiger partial charge in [-0.15, -0.1) is 0 Å². The number of fused-ring (bicyclic) bond motifs is 1. The first-order chi connectivity index (χ1) is 11.6. The Morgan fingerprint density at radius 1 is 1.29 bits per heavy atom. The van der Waals surface area contributed by atoms with Crippen LogP contribution in [0.25, 0.3) is 10.9 Å². The highest BCUT2D eigenvalue weighted by molar-refractivity contribution is 5.86. The first-order valence-corrected chi connectivity index (χ1v) is 8.28. The molecule has 0 aliphatic carbocycles. The first-order valence-electron chi connectivity index (χ1n) is 8.28. The second-order valence-electron chi connectivity index (χ2n) is 6.25. The summed E-state index contributed by atoms with van der Waals surface area (Å²) in [5.41, 5.74) is 1.40. The molecule has 2 fully saturated rings. The third-order valence-electron chi connectivity index (χ3n) is 4.63. The zero-order valence-corrected chi connectivity index (χ0v) is 13.5. The summed E-state index contributed by atoms with van der Waals surface area (Å²) >= 11 is 0. The van der Waals surface area contributed by atoms with Crippen LogP contribution < -0.4 is 4.90 Å². The Bertz CT molecular complexity index is 791. The van der Waals surface area contributed by atoms with E-state index < -0.39 is 0 Å². The van der Waals surface area contributed by atoms with Crippen LogP contribution in [0.1, 0.15) is 25.0 Å². The zero-order chi connectivity index (χ0) is 16.7. The maximum absolute atomic E-state index is 13.4. The van der Waals surface area contributed by atoms with Crippen molar-refractivity contribution in [1.29, 1.82) is 0 Å². The van der Waals surface area contributed by atoms with Crippen molar-refractivity contribution in [3.05, 3.63) is 29.7 Å². The molecule has 0 N–H and O–H groups in total. The van der Waals surface area contributed by atoms with E-state index in [2.05, 4.69) is 9.97 Å². The summed E-state index contributed by atoms with van der Waals surface area (Å²) in [7, 11) is 0. The largest absolute Gasteiger partial charge is 0.329 e. The lowest BCUT2D eigenvalue weighted by molar-refractivity contribution is -0.170. The number of halogens is 1. The van der Waals surface area contributed by atoms with E-state index in [1.54, 1.807) is 6.07 Å². The average molecular weight is 330 g/mol. The molecule has 1 amide bonds. The Kier molecular flexibility index (Phi) is 3.80. The molecule has 24 heavy (non-hydrogen) atoms. The lowest BCUT2D eigenvalue weighted by Crippen LogP contribution is -2.44. The summed E-state index contributed by atoms with van der Waals surface area (Å²) in [6.07, 6.45) is 2.55. The van der Waals surface area contributed by atoms with Crippen molar-refractivity contribution in [2.24, 2.45) is 0 Å². The molecule has 1 atom stereocenters. The zero-order valence-electron chi connectivity index (χ0n) is 13.5. The molecule has 126 valence electrons. The number of carbonyl (C=O) groups excluding carboxylic acids is 1. The normalized spacial score (nSPS) is 21.0. The van der Waals surface area contributed by atoms with Crippen LogP contribution in [0, 0.1) is 12.7 Å². The third-order valence-corrected chi connectivity index (χ3v) is 4.63. The van der Waals surface area contributed by atoms with E-state index in [0.29, 0.717) is 35.7 Å². The van der Waals surface area contributed by atoms with Crippen molar-refractivity contribution in [2.75, 3.05) is 24.6 Å². The van der Waals surface area contributed by atoms with Crippen molar-refractivity contribution in [3.8, 4) is 0 Å². The Hall–Kier alpha value is -2.28. The van der Waals surface area contributed by atoms with Crippen LogP contribution >= 0.6 is 0 Å². The molecule has 7 heteroatoms. The highest BCUT2D eigenvalue weighted by Gasteiger charge is 2.37. The van der Waals surface area contributed by atoms with Crippen molar-refractivity contribution >= 4 is 22.8 Å². The van der Waals surface area contributed by atoms with Crippen LogP contribution in [-0.2, 0) is 9.63 Å². The van der Waals surface area contributed by atoms with Crippen molar-refractivity contribution in [1.82, 2.24) is 15.0 Å². The quantitative estimate of drug-likeness (QED) is 0.845. The smallest absolute Gasteiger partial charge is 0.268 e. The van der Waals surface area contributed by atoms with Crippen LogP contribution in [0.15, 0.2) is 18.2 Å². The SMILES string of the molecule is Cc1nc(N2CCCC2C(=O)N2CCCO2)nc2ccc(F)cc12. The van der Waals surface area contributed by atoms with E-state index in [1.165, 1.54) is 17.2 Å². The van der Waals surface area contributed by atoms with Crippen molar-refractivity contribution in [2.45, 2.75) is 32.2 Å². The average Bonchev–Trinajstić information content (AvgIpc) is 3.26. The van der Waals surface area contributed by atoms with Gasteiger partial charge in [0.2, 0.25) is 5.95 Å². The number of hydrogen-bond acceptors (Lipinski definition) is 5. The molecular formula is C17H19FN4O2. The Morgan fingerprint density at radius 2 is 2.17 bits per heavy atom. The number of amides is 1. The Balaban J connectivity index is 1.67. The van der Waals surface area contributed by atoms with Crippen LogP contribution in [0.2, 0.25) is 0 Å². The second kappa shape index (κ2) is 5.98. The molecule has 3 heterocycles. The summed E-state index contributed by atoms with van der Waals surface area (Å²) in [6, 6.07) is 4.20. The number of carbonyl (C=O) groups is 1. The first kappa shape index (κ1) is 15.3. The molecule has 0 radical (unpaired) electrons. The minimum absolute atomic E-state index is 0.0227. The van der Waals surface area contributed by atoms with Crippen molar-refractivity contribution in [3.63, 3.8) is 0 Å². The van der Waals surface area contributed by atoms with E-state index in [0.717, 1.165) is 25.8 Å². The van der Waals surface area contributed by atoms with Gasteiger partial charge >= 0.3 is 0 Å². The molecule has 0 spiro atoms. The van der Waals surface area contributed by atoms with E-state index in [4.69, 9.17) is 4.84 Å². The number of hydroxylamine groups is 2. The predicted octanol–water partition coefficient (Wildman–Crippen LogP) is 2.21. The molecular weight excluding hydrogens is 311 g/mol. The number of aryl methyl sites for hydroxylation is 1. The van der Waals surface area contributed by atoms with Gasteiger partial charge in [0.1, 0.15) is 11.9 Å². The standard InChI is InChI=1S/C17H19FN4O2/c1-11-13-10-12(18)5-6-14(13)20-17(19-11)21-7-2-4-15(21)16(23)22-8-3-9-24-22/h5-6,10,15H,2-4,7-9H2,1H3. The highest BCUT2D eigenvalue weighted by atomic mass is 19.1. The van der Waals surface area contributed by atoms with Gasteiger partial charge in [0.15, 0.2) is 0 Å². The summed E-state index contributed by atoms with van der Waals surface area (Å²) in [5, 5.41) is 2.16. The molecule has 1 aromatic carbocycles. The minimum Gasteiger partial charge on any atom is -0.329 e. The fraction of sp³-hybridized carbons (Fsp3) is 0.471.